The molecule has 3 aromatic rings. The number of aryl methyl sites for hydroxylation is 2. The highest BCUT2D eigenvalue weighted by atomic mass is 16.2. The van der Waals surface area contributed by atoms with E-state index in [2.05, 4.69) is 10.4 Å². The molecule has 0 radical (unpaired) electrons. The highest BCUT2D eigenvalue weighted by Crippen LogP contribution is 2.30. The van der Waals surface area contributed by atoms with E-state index in [9.17, 15) is 9.59 Å². The van der Waals surface area contributed by atoms with Gasteiger partial charge in [-0.25, -0.2) is 4.68 Å². The average molecular weight is 319 g/mol. The minimum Gasteiger partial charge on any atom is -0.341 e. The van der Waals surface area contributed by atoms with Gasteiger partial charge in [-0.3, -0.25) is 14.7 Å². The Hall–Kier alpha value is -3.08. The van der Waals surface area contributed by atoms with Gasteiger partial charge in [0.15, 0.2) is 0 Å². The van der Waals surface area contributed by atoms with Crippen LogP contribution in [0.25, 0.3) is 5.69 Å². The Balaban J connectivity index is 1.85. The molecule has 2 heterocycles. The molecular formula is C19H17N3O2. The number of carbonyl (C=O) groups excluding carboxylic acids is 1. The molecule has 2 aromatic carbocycles. The molecule has 5 heteroatoms. The second-order valence-corrected chi connectivity index (χ2v) is 6.12. The van der Waals surface area contributed by atoms with E-state index < -0.39 is 6.04 Å². The van der Waals surface area contributed by atoms with E-state index >= 15 is 0 Å². The second-order valence-electron chi connectivity index (χ2n) is 6.12. The van der Waals surface area contributed by atoms with Gasteiger partial charge < -0.3 is 5.32 Å². The molecule has 1 unspecified atom stereocenters. The van der Waals surface area contributed by atoms with Crippen molar-refractivity contribution < 1.29 is 4.79 Å². The number of fused-ring (bicyclic) bond motifs is 1. The van der Waals surface area contributed by atoms with E-state index in [0.29, 0.717) is 11.1 Å². The van der Waals surface area contributed by atoms with Crippen LogP contribution in [0, 0.1) is 13.8 Å². The van der Waals surface area contributed by atoms with Gasteiger partial charge in [0.2, 0.25) is 0 Å². The molecule has 0 spiro atoms. The fourth-order valence-corrected chi connectivity index (χ4v) is 3.24. The molecule has 2 N–H and O–H groups in total. The first-order chi connectivity index (χ1) is 11.6. The summed E-state index contributed by atoms with van der Waals surface area (Å²) in [7, 11) is 0. The van der Waals surface area contributed by atoms with Crippen molar-refractivity contribution in [2.75, 3.05) is 0 Å². The number of nitrogens with one attached hydrogen (secondary N) is 2. The number of hydrogen-bond acceptors (Lipinski definition) is 2. The van der Waals surface area contributed by atoms with Crippen LogP contribution in [0.15, 0.2) is 53.3 Å². The predicted octanol–water partition coefficient (Wildman–Crippen LogP) is 2.62. The van der Waals surface area contributed by atoms with Crippen molar-refractivity contribution >= 4 is 5.91 Å². The van der Waals surface area contributed by atoms with E-state index in [4.69, 9.17) is 0 Å². The maximum absolute atomic E-state index is 13.0. The third-order valence-corrected chi connectivity index (χ3v) is 4.49. The summed E-state index contributed by atoms with van der Waals surface area (Å²) < 4.78 is 1.52. The van der Waals surface area contributed by atoms with Crippen LogP contribution in [-0.2, 0) is 0 Å². The zero-order valence-corrected chi connectivity index (χ0v) is 13.5. The summed E-state index contributed by atoms with van der Waals surface area (Å²) in [5.41, 5.74) is 4.57. The standard InChI is InChI=1S/C19H17N3O2/c1-11-7-9-13(10-8-11)22-19(24)16(12(2)21-22)17-14-5-3-4-6-15(14)18(23)20-17/h3-10,17,21H,1-2H3,(H,20,23). The van der Waals surface area contributed by atoms with Gasteiger partial charge >= 0.3 is 0 Å². The molecular weight excluding hydrogens is 302 g/mol. The molecule has 0 bridgehead atoms. The largest absolute Gasteiger partial charge is 0.341 e. The first-order valence-electron chi connectivity index (χ1n) is 7.84. The number of aromatic amines is 1. The monoisotopic (exact) mass is 319 g/mol. The van der Waals surface area contributed by atoms with E-state index in [1.807, 2.05) is 56.3 Å². The molecule has 4 rings (SSSR count). The Bertz CT molecular complexity index is 996. The number of hydrogen-bond donors (Lipinski definition) is 2. The van der Waals surface area contributed by atoms with Crippen molar-refractivity contribution in [1.29, 1.82) is 0 Å². The molecule has 0 aliphatic carbocycles. The minimum absolute atomic E-state index is 0.140. The molecule has 1 aliphatic heterocycles. The first kappa shape index (κ1) is 14.5. The number of H-pyrrole nitrogens is 1. The molecule has 24 heavy (non-hydrogen) atoms. The van der Waals surface area contributed by atoms with Gasteiger partial charge in [0.25, 0.3) is 11.5 Å². The van der Waals surface area contributed by atoms with E-state index in [-0.39, 0.29) is 11.5 Å². The Morgan fingerprint density at radius 1 is 0.958 bits per heavy atom. The van der Waals surface area contributed by atoms with Crippen LogP contribution in [0.2, 0.25) is 0 Å². The van der Waals surface area contributed by atoms with Crippen LogP contribution in [-0.4, -0.2) is 15.7 Å². The van der Waals surface area contributed by atoms with E-state index in [0.717, 1.165) is 22.5 Å². The summed E-state index contributed by atoms with van der Waals surface area (Å²) in [6, 6.07) is 14.7. The lowest BCUT2D eigenvalue weighted by Gasteiger charge is -2.09. The third-order valence-electron chi connectivity index (χ3n) is 4.49. The molecule has 1 aromatic heterocycles. The fraction of sp³-hybridized carbons (Fsp3) is 0.158. The summed E-state index contributed by atoms with van der Waals surface area (Å²) >= 11 is 0. The summed E-state index contributed by atoms with van der Waals surface area (Å²) in [6.07, 6.45) is 0. The van der Waals surface area contributed by atoms with Crippen molar-refractivity contribution in [2.45, 2.75) is 19.9 Å². The first-order valence-corrected chi connectivity index (χ1v) is 7.84. The van der Waals surface area contributed by atoms with Crippen LogP contribution < -0.4 is 10.9 Å². The molecule has 0 fully saturated rings. The number of rotatable bonds is 2. The lowest BCUT2D eigenvalue weighted by atomic mass is 9.99. The number of benzene rings is 2. The minimum atomic E-state index is -0.413. The highest BCUT2D eigenvalue weighted by molar-refractivity contribution is 5.99. The van der Waals surface area contributed by atoms with Crippen molar-refractivity contribution in [1.82, 2.24) is 15.1 Å². The Morgan fingerprint density at radius 2 is 1.67 bits per heavy atom. The quantitative estimate of drug-likeness (QED) is 0.762. The maximum atomic E-state index is 13.0. The van der Waals surface area contributed by atoms with Gasteiger partial charge in [-0.1, -0.05) is 35.9 Å². The Kier molecular flexibility index (Phi) is 3.16. The average Bonchev–Trinajstić information content (AvgIpc) is 3.06. The van der Waals surface area contributed by atoms with Gasteiger partial charge in [-0.15, -0.1) is 0 Å². The van der Waals surface area contributed by atoms with Gasteiger partial charge in [-0.2, -0.15) is 0 Å². The zero-order chi connectivity index (χ0) is 16.8. The van der Waals surface area contributed by atoms with E-state index in [1.165, 1.54) is 4.68 Å². The molecule has 120 valence electrons. The summed E-state index contributed by atoms with van der Waals surface area (Å²) in [5.74, 6) is -0.141. The van der Waals surface area contributed by atoms with Crippen molar-refractivity contribution in [3.8, 4) is 5.69 Å². The lowest BCUT2D eigenvalue weighted by molar-refractivity contribution is 0.0960. The van der Waals surface area contributed by atoms with Gasteiger partial charge in [0, 0.05) is 11.3 Å². The van der Waals surface area contributed by atoms with Crippen molar-refractivity contribution in [3.63, 3.8) is 0 Å². The van der Waals surface area contributed by atoms with Gasteiger partial charge in [0.1, 0.15) is 0 Å². The number of aromatic nitrogens is 2. The SMILES string of the molecule is Cc1ccc(-n2[nH]c(C)c(C3NC(=O)c4ccccc43)c2=O)cc1. The molecule has 1 amide bonds. The van der Waals surface area contributed by atoms with Crippen LogP contribution in [0.4, 0.5) is 0 Å². The maximum Gasteiger partial charge on any atom is 0.277 e. The van der Waals surface area contributed by atoms with Crippen LogP contribution in [0.1, 0.15) is 38.8 Å². The van der Waals surface area contributed by atoms with E-state index in [1.54, 1.807) is 6.07 Å². The predicted molar refractivity (Wildman–Crippen MR) is 91.6 cm³/mol. The van der Waals surface area contributed by atoms with Gasteiger partial charge in [-0.05, 0) is 37.6 Å². The number of nitrogens with zero attached hydrogens (tertiary/aromatic N) is 1. The van der Waals surface area contributed by atoms with Crippen LogP contribution in [0.5, 0.6) is 0 Å². The molecule has 1 aliphatic rings. The zero-order valence-electron chi connectivity index (χ0n) is 13.5. The summed E-state index contributed by atoms with van der Waals surface area (Å²) in [5, 5.41) is 6.04. The van der Waals surface area contributed by atoms with Gasteiger partial charge in [0.05, 0.1) is 17.3 Å². The Labute approximate surface area is 138 Å². The highest BCUT2D eigenvalue weighted by Gasteiger charge is 2.33. The molecule has 5 nitrogen and oxygen atoms in total. The number of amides is 1. The van der Waals surface area contributed by atoms with Crippen LogP contribution >= 0.6 is 0 Å². The van der Waals surface area contributed by atoms with Crippen molar-refractivity contribution in [3.05, 3.63) is 86.8 Å². The second kappa shape index (κ2) is 5.23. The summed E-state index contributed by atoms with van der Waals surface area (Å²) in [6.45, 7) is 3.86. The fourth-order valence-electron chi connectivity index (χ4n) is 3.24. The molecule has 0 saturated carbocycles. The number of carbonyl (C=O) groups is 1. The molecule has 1 atom stereocenters. The normalized spacial score (nSPS) is 16.1. The molecule has 0 saturated heterocycles. The lowest BCUT2D eigenvalue weighted by Crippen LogP contribution is -2.26. The Morgan fingerprint density at radius 3 is 2.42 bits per heavy atom. The smallest absolute Gasteiger partial charge is 0.277 e. The topological polar surface area (TPSA) is 66.9 Å². The van der Waals surface area contributed by atoms with Crippen molar-refractivity contribution in [2.24, 2.45) is 0 Å². The van der Waals surface area contributed by atoms with Crippen LogP contribution in [0.3, 0.4) is 0 Å². The summed E-state index contributed by atoms with van der Waals surface area (Å²) in [4.78, 5) is 25.1. The third kappa shape index (κ3) is 2.09.